The molecule has 0 unspecified atom stereocenters. The molecule has 0 aromatic carbocycles. The van der Waals surface area contributed by atoms with Crippen LogP contribution in [0, 0.1) is 0 Å². The molecule has 5 nitrogen and oxygen atoms in total. The summed E-state index contributed by atoms with van der Waals surface area (Å²) in [4.78, 5) is 14.4. The fourth-order valence-electron chi connectivity index (χ4n) is 1.09. The molecule has 1 N–H and O–H groups in total. The third kappa shape index (κ3) is 2.99. The predicted molar refractivity (Wildman–Crippen MR) is 48.7 cm³/mol. The normalized spacial score (nSPS) is 11.2. The van der Waals surface area contributed by atoms with Crippen LogP contribution in [-0.2, 0) is 11.4 Å². The Morgan fingerprint density at radius 1 is 1.50 bits per heavy atom. The summed E-state index contributed by atoms with van der Waals surface area (Å²) in [5.41, 5.74) is -1.44. The van der Waals surface area contributed by atoms with Crippen LogP contribution in [0.1, 0.15) is 16.1 Å². The van der Waals surface area contributed by atoms with E-state index >= 15 is 0 Å². The van der Waals surface area contributed by atoms with Crippen LogP contribution in [0.4, 0.5) is 17.6 Å². The summed E-state index contributed by atoms with van der Waals surface area (Å²) >= 11 is 0. The Balaban J connectivity index is 3.31. The Morgan fingerprint density at radius 3 is 2.56 bits per heavy atom. The van der Waals surface area contributed by atoms with E-state index in [1.54, 1.807) is 0 Å². The number of pyridine rings is 1. The first-order valence-electron chi connectivity index (χ1n) is 4.41. The van der Waals surface area contributed by atoms with Crippen molar-refractivity contribution in [3.05, 3.63) is 17.5 Å². The first-order valence-corrected chi connectivity index (χ1v) is 4.41. The quantitative estimate of drug-likeness (QED) is 0.670. The van der Waals surface area contributed by atoms with Gasteiger partial charge in [-0.05, 0) is 0 Å². The number of rotatable bonds is 3. The van der Waals surface area contributed by atoms with E-state index in [9.17, 15) is 27.5 Å². The molecule has 0 fully saturated rings. The number of ether oxygens (including phenoxy) is 2. The van der Waals surface area contributed by atoms with Gasteiger partial charge in [-0.2, -0.15) is 0 Å². The maximum absolute atomic E-state index is 12.4. The Kier molecular flexibility index (Phi) is 3.94. The van der Waals surface area contributed by atoms with Crippen LogP contribution in [0.5, 0.6) is 11.5 Å². The molecule has 0 amide bonds. The highest BCUT2D eigenvalue weighted by atomic mass is 19.4. The summed E-state index contributed by atoms with van der Waals surface area (Å²) in [6.07, 6.45) is -4.50. The Morgan fingerprint density at radius 2 is 2.11 bits per heavy atom. The molecule has 1 rings (SSSR count). The van der Waals surface area contributed by atoms with Crippen molar-refractivity contribution in [2.75, 3.05) is 7.11 Å². The maximum atomic E-state index is 12.4. The van der Waals surface area contributed by atoms with Crippen molar-refractivity contribution in [1.29, 1.82) is 0 Å². The van der Waals surface area contributed by atoms with Crippen molar-refractivity contribution in [3.63, 3.8) is 0 Å². The summed E-state index contributed by atoms with van der Waals surface area (Å²) < 4.78 is 56.3. The van der Waals surface area contributed by atoms with Crippen LogP contribution < -0.4 is 4.74 Å². The Labute approximate surface area is 98.0 Å². The van der Waals surface area contributed by atoms with Crippen LogP contribution >= 0.6 is 0 Å². The summed E-state index contributed by atoms with van der Waals surface area (Å²) in [6, 6.07) is 0. The summed E-state index contributed by atoms with van der Waals surface area (Å²) in [7, 11) is 0.941. The van der Waals surface area contributed by atoms with Crippen molar-refractivity contribution in [1.82, 2.24) is 4.98 Å². The number of aromatic hydroxyl groups is 1. The Hall–Kier alpha value is -2.06. The van der Waals surface area contributed by atoms with Crippen molar-refractivity contribution in [2.24, 2.45) is 0 Å². The topological polar surface area (TPSA) is 68.7 Å². The van der Waals surface area contributed by atoms with Gasteiger partial charge in [-0.25, -0.2) is 14.2 Å². The second-order valence-electron chi connectivity index (χ2n) is 2.98. The van der Waals surface area contributed by atoms with E-state index in [2.05, 4.69) is 14.5 Å². The lowest BCUT2D eigenvalue weighted by atomic mass is 10.2. The molecule has 0 saturated heterocycles. The number of halogens is 4. The lowest BCUT2D eigenvalue weighted by Gasteiger charge is -2.14. The summed E-state index contributed by atoms with van der Waals surface area (Å²) in [5, 5.41) is 9.41. The van der Waals surface area contributed by atoms with E-state index in [4.69, 9.17) is 0 Å². The van der Waals surface area contributed by atoms with Gasteiger partial charge in [0.25, 0.3) is 0 Å². The first-order chi connectivity index (χ1) is 8.30. The number of carbonyl (C=O) groups excluding carboxylic acids is 1. The molecular weight excluding hydrogens is 262 g/mol. The number of carbonyl (C=O) groups is 1. The average Bonchev–Trinajstić information content (AvgIpc) is 2.29. The van der Waals surface area contributed by atoms with Gasteiger partial charge in [0.05, 0.1) is 7.11 Å². The molecule has 1 aromatic rings. The zero-order valence-corrected chi connectivity index (χ0v) is 8.92. The lowest BCUT2D eigenvalue weighted by molar-refractivity contribution is -0.275. The monoisotopic (exact) mass is 269 g/mol. The number of hydrogen-bond donors (Lipinski definition) is 1. The predicted octanol–water partition coefficient (Wildman–Crippen LogP) is 1.94. The van der Waals surface area contributed by atoms with Gasteiger partial charge < -0.3 is 14.6 Å². The van der Waals surface area contributed by atoms with E-state index in [1.165, 1.54) is 0 Å². The van der Waals surface area contributed by atoms with Gasteiger partial charge in [0.15, 0.2) is 17.2 Å². The molecule has 1 heterocycles. The molecule has 0 aliphatic heterocycles. The summed E-state index contributed by atoms with van der Waals surface area (Å²) in [5.74, 6) is -3.61. The number of aromatic nitrogens is 1. The zero-order valence-electron chi connectivity index (χ0n) is 8.92. The second kappa shape index (κ2) is 5.07. The number of alkyl halides is 4. The van der Waals surface area contributed by atoms with E-state index in [1.807, 2.05) is 0 Å². The third-order valence-corrected chi connectivity index (χ3v) is 1.82. The molecule has 0 spiro atoms. The van der Waals surface area contributed by atoms with Crippen molar-refractivity contribution in [3.8, 4) is 11.5 Å². The number of methoxy groups -OCH3 is 1. The minimum absolute atomic E-state index is 0.641. The van der Waals surface area contributed by atoms with Gasteiger partial charge in [0, 0.05) is 11.8 Å². The maximum Gasteiger partial charge on any atom is 0.573 e. The van der Waals surface area contributed by atoms with Crippen LogP contribution in [0.2, 0.25) is 0 Å². The van der Waals surface area contributed by atoms with Gasteiger partial charge >= 0.3 is 12.3 Å². The molecule has 100 valence electrons. The van der Waals surface area contributed by atoms with Gasteiger partial charge in [-0.15, -0.1) is 13.2 Å². The number of nitrogens with zero attached hydrogens (tertiary/aromatic N) is 1. The smallest absolute Gasteiger partial charge is 0.503 e. The highest BCUT2D eigenvalue weighted by Gasteiger charge is 2.35. The summed E-state index contributed by atoms with van der Waals surface area (Å²) in [6.45, 7) is -1.35. The van der Waals surface area contributed by atoms with Crippen molar-refractivity contribution < 1.29 is 36.9 Å². The van der Waals surface area contributed by atoms with Crippen molar-refractivity contribution in [2.45, 2.75) is 13.0 Å². The van der Waals surface area contributed by atoms with Crippen LogP contribution in [0.15, 0.2) is 6.20 Å². The van der Waals surface area contributed by atoms with Gasteiger partial charge in [-0.3, -0.25) is 0 Å². The van der Waals surface area contributed by atoms with E-state index in [0.29, 0.717) is 6.20 Å². The number of esters is 1. The standard InChI is InChI=1S/C9H7F4NO4/c1-17-8(16)5-6(15)7(18-9(11,12)13)4(2-10)3-14-5/h3,15H,2H2,1H3. The molecule has 1 aromatic heterocycles. The molecule has 0 aliphatic carbocycles. The SMILES string of the molecule is COC(=O)c1ncc(CF)c(OC(F)(F)F)c1O. The van der Waals surface area contributed by atoms with Gasteiger partial charge in [0.2, 0.25) is 0 Å². The molecule has 18 heavy (non-hydrogen) atoms. The molecule has 0 bridgehead atoms. The van der Waals surface area contributed by atoms with Crippen LogP contribution in [0.25, 0.3) is 0 Å². The molecule has 0 radical (unpaired) electrons. The fourth-order valence-corrected chi connectivity index (χ4v) is 1.09. The molecule has 0 atom stereocenters. The van der Waals surface area contributed by atoms with Gasteiger partial charge in [0.1, 0.15) is 6.67 Å². The van der Waals surface area contributed by atoms with E-state index in [-0.39, 0.29) is 0 Å². The Bertz CT molecular complexity index is 461. The third-order valence-electron chi connectivity index (χ3n) is 1.82. The highest BCUT2D eigenvalue weighted by molar-refractivity contribution is 5.91. The molecule has 0 aliphatic rings. The minimum Gasteiger partial charge on any atom is -0.503 e. The van der Waals surface area contributed by atoms with Crippen molar-refractivity contribution >= 4 is 5.97 Å². The minimum atomic E-state index is -5.14. The lowest BCUT2D eigenvalue weighted by Crippen LogP contribution is -2.19. The zero-order chi connectivity index (χ0) is 13.9. The molecule has 0 saturated carbocycles. The first kappa shape index (κ1) is 14.0. The highest BCUT2D eigenvalue weighted by Crippen LogP contribution is 2.37. The van der Waals surface area contributed by atoms with Crippen LogP contribution in [0.3, 0.4) is 0 Å². The van der Waals surface area contributed by atoms with Gasteiger partial charge in [-0.1, -0.05) is 0 Å². The second-order valence-corrected chi connectivity index (χ2v) is 2.98. The van der Waals surface area contributed by atoms with E-state index < -0.39 is 41.8 Å². The fraction of sp³-hybridized carbons (Fsp3) is 0.333. The number of hydrogen-bond acceptors (Lipinski definition) is 5. The van der Waals surface area contributed by atoms with E-state index in [0.717, 1.165) is 7.11 Å². The molecular formula is C9H7F4NO4. The largest absolute Gasteiger partial charge is 0.573 e. The average molecular weight is 269 g/mol. The van der Waals surface area contributed by atoms with Crippen LogP contribution in [-0.4, -0.2) is 29.5 Å². The molecule has 9 heteroatoms.